The number of nitrogens with one attached hydrogen (secondary N) is 2. The highest BCUT2D eigenvalue weighted by Gasteiger charge is 2.52. The second kappa shape index (κ2) is 4.69. The summed E-state index contributed by atoms with van der Waals surface area (Å²) in [7, 11) is 0. The van der Waals surface area contributed by atoms with E-state index in [0.717, 1.165) is 31.8 Å². The predicted octanol–water partition coefficient (Wildman–Crippen LogP) is 1.72. The lowest BCUT2D eigenvalue weighted by atomic mass is 9.62. The van der Waals surface area contributed by atoms with Crippen LogP contribution in [0.3, 0.4) is 0 Å². The first kappa shape index (κ1) is 14.9. The smallest absolute Gasteiger partial charge is 0.408 e. The van der Waals surface area contributed by atoms with E-state index in [4.69, 9.17) is 4.74 Å². The van der Waals surface area contributed by atoms with Crippen LogP contribution in [0.2, 0.25) is 0 Å². The Bertz CT molecular complexity index is 617. The van der Waals surface area contributed by atoms with Crippen LogP contribution < -0.4 is 10.6 Å². The van der Waals surface area contributed by atoms with Crippen molar-refractivity contribution in [2.75, 3.05) is 13.1 Å². The van der Waals surface area contributed by atoms with Crippen molar-refractivity contribution in [3.63, 3.8) is 0 Å². The van der Waals surface area contributed by atoms with E-state index in [-0.39, 0.29) is 0 Å². The second-order valence-electron chi connectivity index (χ2n) is 8.42. The molecule has 126 valence electrons. The number of alkyl carbamates (subject to hydrolysis) is 1. The van der Waals surface area contributed by atoms with E-state index in [0.29, 0.717) is 11.5 Å². The summed E-state index contributed by atoms with van der Waals surface area (Å²) in [6.45, 7) is 7.85. The Balaban J connectivity index is 1.39. The standard InChI is InChI=1S/C16H25N5O2/c1-14(2,3)23-13(22)19-16(4-5-16)12-18-10-21(20-12)11-6-15(7-11)8-17-9-15/h10-11,17H,4-9H2,1-3H3,(H,19,22). The van der Waals surface area contributed by atoms with E-state index in [2.05, 4.69) is 20.7 Å². The Hall–Kier alpha value is -1.63. The third-order valence-electron chi connectivity index (χ3n) is 5.14. The number of carbonyl (C=O) groups is 1. The van der Waals surface area contributed by atoms with Crippen LogP contribution in [0, 0.1) is 5.41 Å². The van der Waals surface area contributed by atoms with Gasteiger partial charge in [0.25, 0.3) is 0 Å². The fraction of sp³-hybridized carbons (Fsp3) is 0.812. The van der Waals surface area contributed by atoms with Gasteiger partial charge in [-0.25, -0.2) is 14.5 Å². The molecular weight excluding hydrogens is 294 g/mol. The molecule has 7 heteroatoms. The number of rotatable bonds is 3. The van der Waals surface area contributed by atoms with Gasteiger partial charge < -0.3 is 15.4 Å². The second-order valence-corrected chi connectivity index (χ2v) is 8.42. The van der Waals surface area contributed by atoms with Gasteiger partial charge in [0.1, 0.15) is 17.5 Å². The zero-order chi connectivity index (χ0) is 16.3. The molecule has 0 unspecified atom stereocenters. The average Bonchev–Trinajstić information content (AvgIpc) is 2.93. The minimum absolute atomic E-state index is 0.394. The van der Waals surface area contributed by atoms with Crippen LogP contribution in [-0.4, -0.2) is 39.5 Å². The van der Waals surface area contributed by atoms with E-state index >= 15 is 0 Å². The van der Waals surface area contributed by atoms with E-state index in [1.54, 1.807) is 0 Å². The summed E-state index contributed by atoms with van der Waals surface area (Å²) >= 11 is 0. The molecule has 2 N–H and O–H groups in total. The summed E-state index contributed by atoms with van der Waals surface area (Å²) in [6.07, 6.45) is 5.51. The lowest BCUT2D eigenvalue weighted by molar-refractivity contribution is 0.00198. The molecule has 23 heavy (non-hydrogen) atoms. The molecule has 1 amide bonds. The molecule has 0 aromatic carbocycles. The van der Waals surface area contributed by atoms with Crippen molar-refractivity contribution in [2.24, 2.45) is 5.41 Å². The van der Waals surface area contributed by atoms with Gasteiger partial charge in [-0.2, -0.15) is 5.10 Å². The van der Waals surface area contributed by atoms with Crippen molar-refractivity contribution in [1.82, 2.24) is 25.4 Å². The maximum Gasteiger partial charge on any atom is 0.408 e. The van der Waals surface area contributed by atoms with Gasteiger partial charge in [0.15, 0.2) is 5.82 Å². The summed E-state index contributed by atoms with van der Waals surface area (Å²) in [5.41, 5.74) is -0.403. The van der Waals surface area contributed by atoms with Crippen molar-refractivity contribution in [3.8, 4) is 0 Å². The van der Waals surface area contributed by atoms with Gasteiger partial charge in [-0.15, -0.1) is 0 Å². The van der Waals surface area contributed by atoms with Crippen LogP contribution in [0.25, 0.3) is 0 Å². The molecule has 2 saturated carbocycles. The fourth-order valence-corrected chi connectivity index (χ4v) is 3.59. The van der Waals surface area contributed by atoms with Gasteiger partial charge >= 0.3 is 6.09 Å². The molecule has 3 fully saturated rings. The zero-order valence-electron chi connectivity index (χ0n) is 14.1. The molecular formula is C16H25N5O2. The van der Waals surface area contributed by atoms with E-state index in [1.807, 2.05) is 31.8 Å². The minimum atomic E-state index is -0.496. The quantitative estimate of drug-likeness (QED) is 0.886. The first-order chi connectivity index (χ1) is 10.8. The lowest BCUT2D eigenvalue weighted by Crippen LogP contribution is -2.60. The third-order valence-corrected chi connectivity index (χ3v) is 5.14. The fourth-order valence-electron chi connectivity index (χ4n) is 3.59. The Kier molecular flexibility index (Phi) is 3.04. The van der Waals surface area contributed by atoms with Gasteiger partial charge in [-0.3, -0.25) is 0 Å². The van der Waals surface area contributed by atoms with Crippen LogP contribution in [0.4, 0.5) is 4.79 Å². The lowest BCUT2D eigenvalue weighted by Gasteiger charge is -2.54. The van der Waals surface area contributed by atoms with E-state index in [1.165, 1.54) is 12.8 Å². The zero-order valence-corrected chi connectivity index (χ0v) is 14.1. The monoisotopic (exact) mass is 319 g/mol. The van der Waals surface area contributed by atoms with Crippen molar-refractivity contribution >= 4 is 6.09 Å². The van der Waals surface area contributed by atoms with Crippen LogP contribution in [0.15, 0.2) is 6.33 Å². The SMILES string of the molecule is CC(C)(C)OC(=O)NC1(c2ncn(C3CC4(CNC4)C3)n2)CC1. The molecule has 0 atom stereocenters. The Morgan fingerprint density at radius 2 is 2.09 bits per heavy atom. The molecule has 1 spiro atoms. The number of hydrogen-bond donors (Lipinski definition) is 2. The van der Waals surface area contributed by atoms with Crippen molar-refractivity contribution in [1.29, 1.82) is 0 Å². The van der Waals surface area contributed by atoms with Crippen molar-refractivity contribution in [2.45, 2.75) is 63.6 Å². The summed E-state index contributed by atoms with van der Waals surface area (Å²) in [5.74, 6) is 0.719. The molecule has 0 radical (unpaired) electrons. The maximum absolute atomic E-state index is 12.0. The van der Waals surface area contributed by atoms with Gasteiger partial charge in [0, 0.05) is 13.1 Å². The van der Waals surface area contributed by atoms with Gasteiger partial charge in [0.2, 0.25) is 0 Å². The topological polar surface area (TPSA) is 81.1 Å². The molecule has 1 aliphatic heterocycles. The summed E-state index contributed by atoms with van der Waals surface area (Å²) in [5, 5.41) is 11.0. The largest absolute Gasteiger partial charge is 0.444 e. The molecule has 1 aromatic heterocycles. The van der Waals surface area contributed by atoms with Gasteiger partial charge in [-0.1, -0.05) is 0 Å². The van der Waals surface area contributed by atoms with E-state index < -0.39 is 17.2 Å². The number of ether oxygens (including phenoxy) is 1. The highest BCUT2D eigenvalue weighted by Crippen LogP contribution is 2.51. The molecule has 4 rings (SSSR count). The van der Waals surface area contributed by atoms with Crippen LogP contribution in [0.1, 0.15) is 58.3 Å². The van der Waals surface area contributed by atoms with Gasteiger partial charge in [-0.05, 0) is 51.9 Å². The highest BCUT2D eigenvalue weighted by molar-refractivity contribution is 5.69. The van der Waals surface area contributed by atoms with Crippen LogP contribution in [-0.2, 0) is 10.3 Å². The normalized spacial score (nSPS) is 24.7. The summed E-state index contributed by atoms with van der Waals surface area (Å²) < 4.78 is 7.33. The van der Waals surface area contributed by atoms with Crippen LogP contribution >= 0.6 is 0 Å². The number of aromatic nitrogens is 3. The minimum Gasteiger partial charge on any atom is -0.444 e. The Labute approximate surface area is 136 Å². The molecule has 3 aliphatic rings. The first-order valence-electron chi connectivity index (χ1n) is 8.43. The maximum atomic E-state index is 12.0. The summed E-state index contributed by atoms with van der Waals surface area (Å²) in [4.78, 5) is 16.5. The molecule has 1 aromatic rings. The molecule has 2 heterocycles. The molecule has 0 bridgehead atoms. The Morgan fingerprint density at radius 1 is 1.39 bits per heavy atom. The molecule has 2 aliphatic carbocycles. The summed E-state index contributed by atoms with van der Waals surface area (Å²) in [6, 6.07) is 0.454. The first-order valence-corrected chi connectivity index (χ1v) is 8.43. The van der Waals surface area contributed by atoms with Crippen molar-refractivity contribution in [3.05, 3.63) is 12.2 Å². The number of hydrogen-bond acceptors (Lipinski definition) is 5. The third kappa shape index (κ3) is 2.71. The Morgan fingerprint density at radius 3 is 2.61 bits per heavy atom. The highest BCUT2D eigenvalue weighted by atomic mass is 16.6. The molecule has 7 nitrogen and oxygen atoms in total. The number of amides is 1. The predicted molar refractivity (Wildman–Crippen MR) is 83.9 cm³/mol. The van der Waals surface area contributed by atoms with E-state index in [9.17, 15) is 4.79 Å². The van der Waals surface area contributed by atoms with Gasteiger partial charge in [0.05, 0.1) is 6.04 Å². The average molecular weight is 319 g/mol. The number of nitrogens with zero attached hydrogens (tertiary/aromatic N) is 3. The van der Waals surface area contributed by atoms with Crippen molar-refractivity contribution < 1.29 is 9.53 Å². The molecule has 1 saturated heterocycles. The van der Waals surface area contributed by atoms with Crippen LogP contribution in [0.5, 0.6) is 0 Å². The number of carbonyl (C=O) groups excluding carboxylic acids is 1.